The summed E-state index contributed by atoms with van der Waals surface area (Å²) < 4.78 is 0. The number of anilines is 1. The minimum atomic E-state index is 0.0613. The number of nitrogens with two attached hydrogens (primary N) is 1. The van der Waals surface area contributed by atoms with Gasteiger partial charge in [0.25, 0.3) is 0 Å². The fraction of sp³-hybridized carbons (Fsp3) is 0.562. The predicted molar refractivity (Wildman–Crippen MR) is 82.4 cm³/mol. The zero-order chi connectivity index (χ0) is 14.5. The summed E-state index contributed by atoms with van der Waals surface area (Å²) >= 11 is 0. The van der Waals surface area contributed by atoms with E-state index in [-0.39, 0.29) is 17.9 Å². The third kappa shape index (κ3) is 4.05. The summed E-state index contributed by atoms with van der Waals surface area (Å²) in [5.74, 6) is 0.178. The summed E-state index contributed by atoms with van der Waals surface area (Å²) in [6.07, 6.45) is 3.86. The van der Waals surface area contributed by atoms with Gasteiger partial charge in [-0.05, 0) is 45.0 Å². The molecule has 0 aromatic heterocycles. The number of amides is 1. The van der Waals surface area contributed by atoms with Crippen LogP contribution in [0.1, 0.15) is 31.2 Å². The van der Waals surface area contributed by atoms with Crippen molar-refractivity contribution in [3.05, 3.63) is 29.8 Å². The number of carbonyl (C=O) groups is 1. The zero-order valence-electron chi connectivity index (χ0n) is 12.4. The lowest BCUT2D eigenvalue weighted by Gasteiger charge is -2.26. The Bertz CT molecular complexity index is 459. The standard InChI is InChI=1S/C16H25N3O/c1-19(2)11-13-6-3-4-9-15(13)18-16(20)12-7-5-8-14(17)10-12/h3-4,6,9,12,14H,5,7-8,10-11,17H2,1-2H3,(H,18,20). The van der Waals surface area contributed by atoms with Crippen molar-refractivity contribution in [2.24, 2.45) is 11.7 Å². The Kier molecular flexibility index (Phi) is 5.15. The van der Waals surface area contributed by atoms with E-state index < -0.39 is 0 Å². The van der Waals surface area contributed by atoms with Crippen LogP contribution in [0, 0.1) is 5.92 Å². The van der Waals surface area contributed by atoms with Gasteiger partial charge in [-0.25, -0.2) is 0 Å². The first-order valence-electron chi connectivity index (χ1n) is 7.35. The van der Waals surface area contributed by atoms with Crippen LogP contribution in [0.5, 0.6) is 0 Å². The van der Waals surface area contributed by atoms with E-state index in [4.69, 9.17) is 5.73 Å². The van der Waals surface area contributed by atoms with Gasteiger partial charge in [-0.1, -0.05) is 24.6 Å². The van der Waals surface area contributed by atoms with Gasteiger partial charge < -0.3 is 16.0 Å². The molecule has 20 heavy (non-hydrogen) atoms. The van der Waals surface area contributed by atoms with Crippen molar-refractivity contribution in [1.29, 1.82) is 0 Å². The molecule has 0 aliphatic heterocycles. The fourth-order valence-corrected chi connectivity index (χ4v) is 2.82. The molecule has 1 saturated carbocycles. The molecule has 2 rings (SSSR count). The van der Waals surface area contributed by atoms with Gasteiger partial charge in [0.1, 0.15) is 0 Å². The van der Waals surface area contributed by atoms with Crippen molar-refractivity contribution in [2.45, 2.75) is 38.3 Å². The topological polar surface area (TPSA) is 58.4 Å². The normalized spacial score (nSPS) is 22.8. The lowest BCUT2D eigenvalue weighted by atomic mass is 9.85. The lowest BCUT2D eigenvalue weighted by Crippen LogP contribution is -2.34. The van der Waals surface area contributed by atoms with Crippen molar-refractivity contribution in [1.82, 2.24) is 4.90 Å². The number of hydrogen-bond acceptors (Lipinski definition) is 3. The minimum absolute atomic E-state index is 0.0613. The first kappa shape index (κ1) is 15.0. The second kappa shape index (κ2) is 6.86. The fourth-order valence-electron chi connectivity index (χ4n) is 2.82. The maximum Gasteiger partial charge on any atom is 0.227 e. The Morgan fingerprint density at radius 3 is 2.80 bits per heavy atom. The van der Waals surface area contributed by atoms with Crippen molar-refractivity contribution in [2.75, 3.05) is 19.4 Å². The number of benzene rings is 1. The largest absolute Gasteiger partial charge is 0.328 e. The summed E-state index contributed by atoms with van der Waals surface area (Å²) in [4.78, 5) is 14.5. The zero-order valence-corrected chi connectivity index (χ0v) is 12.4. The summed E-state index contributed by atoms with van der Waals surface area (Å²) in [7, 11) is 4.05. The van der Waals surface area contributed by atoms with E-state index in [0.29, 0.717) is 0 Å². The van der Waals surface area contributed by atoms with E-state index >= 15 is 0 Å². The number of para-hydroxylation sites is 1. The van der Waals surface area contributed by atoms with Crippen LogP contribution in [-0.4, -0.2) is 30.9 Å². The molecule has 2 atom stereocenters. The van der Waals surface area contributed by atoms with E-state index in [2.05, 4.69) is 16.3 Å². The molecular weight excluding hydrogens is 250 g/mol. The predicted octanol–water partition coefficient (Wildman–Crippen LogP) is 2.20. The van der Waals surface area contributed by atoms with Gasteiger partial charge in [0, 0.05) is 24.2 Å². The van der Waals surface area contributed by atoms with Gasteiger partial charge in [0.15, 0.2) is 0 Å². The monoisotopic (exact) mass is 275 g/mol. The van der Waals surface area contributed by atoms with Gasteiger partial charge >= 0.3 is 0 Å². The van der Waals surface area contributed by atoms with E-state index in [0.717, 1.165) is 43.5 Å². The van der Waals surface area contributed by atoms with Crippen LogP contribution in [0.15, 0.2) is 24.3 Å². The van der Waals surface area contributed by atoms with Crippen LogP contribution in [0.3, 0.4) is 0 Å². The summed E-state index contributed by atoms with van der Waals surface area (Å²) in [5, 5.41) is 3.08. The quantitative estimate of drug-likeness (QED) is 0.885. The van der Waals surface area contributed by atoms with Gasteiger partial charge in [-0.15, -0.1) is 0 Å². The molecule has 0 bridgehead atoms. The van der Waals surface area contributed by atoms with Crippen molar-refractivity contribution < 1.29 is 4.79 Å². The Hall–Kier alpha value is -1.39. The number of hydrogen-bond donors (Lipinski definition) is 2. The second-order valence-electron chi connectivity index (χ2n) is 6.01. The first-order valence-corrected chi connectivity index (χ1v) is 7.35. The van der Waals surface area contributed by atoms with E-state index in [1.54, 1.807) is 0 Å². The third-order valence-corrected chi connectivity index (χ3v) is 3.85. The molecule has 3 N–H and O–H groups in total. The molecule has 1 aliphatic rings. The Morgan fingerprint density at radius 2 is 2.10 bits per heavy atom. The molecule has 4 heteroatoms. The first-order chi connectivity index (χ1) is 9.56. The van der Waals surface area contributed by atoms with Crippen LogP contribution >= 0.6 is 0 Å². The Labute approximate surface area is 121 Å². The molecule has 1 fully saturated rings. The van der Waals surface area contributed by atoms with Crippen LogP contribution in [0.25, 0.3) is 0 Å². The molecular formula is C16H25N3O. The molecule has 0 radical (unpaired) electrons. The molecule has 0 spiro atoms. The molecule has 1 aromatic carbocycles. The van der Waals surface area contributed by atoms with Crippen molar-refractivity contribution in [3.8, 4) is 0 Å². The lowest BCUT2D eigenvalue weighted by molar-refractivity contribution is -0.120. The molecule has 1 aromatic rings. The van der Waals surface area contributed by atoms with Gasteiger partial charge in [0.05, 0.1) is 0 Å². The van der Waals surface area contributed by atoms with Gasteiger partial charge in [-0.2, -0.15) is 0 Å². The highest BCUT2D eigenvalue weighted by Gasteiger charge is 2.25. The van der Waals surface area contributed by atoms with Crippen LogP contribution < -0.4 is 11.1 Å². The summed E-state index contributed by atoms with van der Waals surface area (Å²) in [5.41, 5.74) is 8.03. The Morgan fingerprint density at radius 1 is 1.35 bits per heavy atom. The second-order valence-corrected chi connectivity index (χ2v) is 6.01. The highest BCUT2D eigenvalue weighted by molar-refractivity contribution is 5.93. The maximum atomic E-state index is 12.4. The van der Waals surface area contributed by atoms with Gasteiger partial charge in [-0.3, -0.25) is 4.79 Å². The van der Waals surface area contributed by atoms with E-state index in [9.17, 15) is 4.79 Å². The van der Waals surface area contributed by atoms with Crippen molar-refractivity contribution in [3.63, 3.8) is 0 Å². The average Bonchev–Trinajstić information content (AvgIpc) is 2.40. The minimum Gasteiger partial charge on any atom is -0.328 e. The van der Waals surface area contributed by atoms with Gasteiger partial charge in [0.2, 0.25) is 5.91 Å². The number of carbonyl (C=O) groups excluding carboxylic acids is 1. The molecule has 2 unspecified atom stereocenters. The van der Waals surface area contributed by atoms with Crippen LogP contribution in [-0.2, 0) is 11.3 Å². The summed E-state index contributed by atoms with van der Waals surface area (Å²) in [6, 6.07) is 8.17. The number of nitrogens with zero attached hydrogens (tertiary/aromatic N) is 1. The molecule has 0 saturated heterocycles. The number of rotatable bonds is 4. The maximum absolute atomic E-state index is 12.4. The SMILES string of the molecule is CN(C)Cc1ccccc1NC(=O)C1CCCC(N)C1. The average molecular weight is 275 g/mol. The highest BCUT2D eigenvalue weighted by Crippen LogP contribution is 2.25. The molecule has 0 heterocycles. The van der Waals surface area contributed by atoms with E-state index in [1.165, 1.54) is 0 Å². The van der Waals surface area contributed by atoms with Crippen LogP contribution in [0.2, 0.25) is 0 Å². The molecule has 1 aliphatic carbocycles. The smallest absolute Gasteiger partial charge is 0.227 e. The number of nitrogens with one attached hydrogen (secondary N) is 1. The summed E-state index contributed by atoms with van der Waals surface area (Å²) in [6.45, 7) is 0.820. The molecule has 110 valence electrons. The molecule has 1 amide bonds. The highest BCUT2D eigenvalue weighted by atomic mass is 16.1. The molecule has 4 nitrogen and oxygen atoms in total. The Balaban J connectivity index is 2.03. The van der Waals surface area contributed by atoms with E-state index in [1.807, 2.05) is 32.3 Å². The van der Waals surface area contributed by atoms with Crippen LogP contribution in [0.4, 0.5) is 5.69 Å². The van der Waals surface area contributed by atoms with Crippen molar-refractivity contribution >= 4 is 11.6 Å². The third-order valence-electron chi connectivity index (χ3n) is 3.85.